The van der Waals surface area contributed by atoms with Crippen molar-refractivity contribution in [3.8, 4) is 0 Å². The molecule has 6 nitrogen and oxygen atoms in total. The molecule has 0 fully saturated rings. The molecule has 0 saturated heterocycles. The van der Waals surface area contributed by atoms with E-state index in [0.29, 0.717) is 0 Å². The number of hydrogen-bond donors (Lipinski definition) is 3. The van der Waals surface area contributed by atoms with E-state index in [2.05, 4.69) is 15.3 Å². The highest BCUT2D eigenvalue weighted by Crippen LogP contribution is 1.91. The van der Waals surface area contributed by atoms with Gasteiger partial charge in [-0.05, 0) is 0 Å². The van der Waals surface area contributed by atoms with Crippen LogP contribution >= 0.6 is 0 Å². The zero-order valence-corrected chi connectivity index (χ0v) is 4.83. The molecule has 0 spiro atoms. The van der Waals surface area contributed by atoms with Crippen LogP contribution in [0.15, 0.2) is 15.3 Å². The summed E-state index contributed by atoms with van der Waals surface area (Å²) in [6.45, 7) is 0.317. The molecule has 0 saturated carbocycles. The van der Waals surface area contributed by atoms with E-state index in [-0.39, 0.29) is 13.1 Å². The Hall–Kier alpha value is -1.20. The lowest BCUT2D eigenvalue weighted by Crippen LogP contribution is -2.10. The highest BCUT2D eigenvalue weighted by Gasteiger charge is 2.02. The van der Waals surface area contributed by atoms with E-state index in [0.717, 1.165) is 0 Å². The molecular formula is C3H8N6. The van der Waals surface area contributed by atoms with Gasteiger partial charge in [-0.2, -0.15) is 15.3 Å². The molecular weight excluding hydrogens is 120 g/mol. The second-order valence-corrected chi connectivity index (χ2v) is 1.46. The van der Waals surface area contributed by atoms with E-state index >= 15 is 0 Å². The first-order valence-electron chi connectivity index (χ1n) is 2.38. The molecule has 0 aromatic carbocycles. The van der Waals surface area contributed by atoms with Gasteiger partial charge in [-0.15, -0.1) is 0 Å². The van der Waals surface area contributed by atoms with E-state index in [4.69, 9.17) is 16.6 Å². The van der Waals surface area contributed by atoms with Crippen LogP contribution in [0.25, 0.3) is 0 Å². The van der Waals surface area contributed by atoms with E-state index < -0.39 is 6.04 Å². The van der Waals surface area contributed by atoms with Gasteiger partial charge in [0.15, 0.2) is 0 Å². The quantitative estimate of drug-likeness (QED) is 0.466. The molecule has 0 radical (unpaired) electrons. The molecule has 0 unspecified atom stereocenters. The van der Waals surface area contributed by atoms with Gasteiger partial charge in [0.1, 0.15) is 6.04 Å². The van der Waals surface area contributed by atoms with Crippen molar-refractivity contribution in [2.75, 3.05) is 13.1 Å². The van der Waals surface area contributed by atoms with Gasteiger partial charge in [-0.3, -0.25) is 0 Å². The van der Waals surface area contributed by atoms with Gasteiger partial charge in [-0.1, -0.05) is 0 Å². The van der Waals surface area contributed by atoms with Crippen LogP contribution in [0.3, 0.4) is 0 Å². The molecule has 6 heteroatoms. The van der Waals surface area contributed by atoms with Gasteiger partial charge in [-0.25, -0.2) is 16.6 Å². The van der Waals surface area contributed by atoms with Gasteiger partial charge < -0.3 is 0 Å². The lowest BCUT2D eigenvalue weighted by atomic mass is 10.3. The van der Waals surface area contributed by atoms with Crippen molar-refractivity contribution in [1.29, 1.82) is 16.6 Å². The van der Waals surface area contributed by atoms with E-state index in [1.165, 1.54) is 0 Å². The fourth-order valence-electron chi connectivity index (χ4n) is 0.350. The van der Waals surface area contributed by atoms with Crippen LogP contribution in [0.2, 0.25) is 0 Å². The van der Waals surface area contributed by atoms with Crippen LogP contribution in [-0.4, -0.2) is 19.1 Å². The molecule has 0 amide bonds. The van der Waals surface area contributed by atoms with Crippen LogP contribution in [0.4, 0.5) is 0 Å². The first kappa shape index (κ1) is 7.80. The zero-order valence-electron chi connectivity index (χ0n) is 4.83. The molecule has 50 valence electrons. The van der Waals surface area contributed by atoms with Crippen LogP contribution in [0.1, 0.15) is 0 Å². The Bertz CT molecular complexity index is 98.9. The van der Waals surface area contributed by atoms with Crippen molar-refractivity contribution in [2.45, 2.75) is 6.04 Å². The lowest BCUT2D eigenvalue weighted by Gasteiger charge is -1.98. The summed E-state index contributed by atoms with van der Waals surface area (Å²) < 4.78 is 0. The van der Waals surface area contributed by atoms with Crippen molar-refractivity contribution < 1.29 is 0 Å². The average Bonchev–Trinajstić information content (AvgIpc) is 1.88. The first-order chi connectivity index (χ1) is 4.35. The highest BCUT2D eigenvalue weighted by molar-refractivity contribution is 4.65. The summed E-state index contributed by atoms with van der Waals surface area (Å²) >= 11 is 0. The molecule has 0 bridgehead atoms. The predicted molar refractivity (Wildman–Crippen MR) is 29.0 cm³/mol. The summed E-state index contributed by atoms with van der Waals surface area (Å²) in [5.74, 6) is 0. The Kier molecular flexibility index (Phi) is 4.29. The molecule has 0 heterocycles. The molecule has 0 aliphatic heterocycles. The molecule has 0 atom stereocenters. The topological polar surface area (TPSA) is 109 Å². The van der Waals surface area contributed by atoms with Crippen LogP contribution in [0.5, 0.6) is 0 Å². The Morgan fingerprint density at radius 3 is 1.67 bits per heavy atom. The van der Waals surface area contributed by atoms with Crippen molar-refractivity contribution in [3.05, 3.63) is 0 Å². The molecule has 0 aromatic rings. The molecule has 0 aliphatic carbocycles. The normalized spacial score (nSPS) is 12.0. The van der Waals surface area contributed by atoms with Crippen molar-refractivity contribution in [3.63, 3.8) is 0 Å². The number of hydrogen-bond acceptors (Lipinski definition) is 6. The summed E-state index contributed by atoms with van der Waals surface area (Å²) in [5, 5.41) is 9.13. The third-order valence-corrected chi connectivity index (χ3v) is 0.787. The average molecular weight is 128 g/mol. The Morgan fingerprint density at radius 1 is 1.00 bits per heavy atom. The molecule has 0 aliphatic rings. The van der Waals surface area contributed by atoms with Crippen LogP contribution in [0, 0.1) is 16.6 Å². The van der Waals surface area contributed by atoms with E-state index in [1.54, 1.807) is 0 Å². The zero-order chi connectivity index (χ0) is 7.11. The fraction of sp³-hybridized carbons (Fsp3) is 1.00. The highest BCUT2D eigenvalue weighted by atomic mass is 15.1. The van der Waals surface area contributed by atoms with E-state index in [1.807, 2.05) is 0 Å². The third-order valence-electron chi connectivity index (χ3n) is 0.787. The Morgan fingerprint density at radius 2 is 1.44 bits per heavy atom. The Labute approximate surface area is 52.2 Å². The van der Waals surface area contributed by atoms with Gasteiger partial charge >= 0.3 is 0 Å². The van der Waals surface area contributed by atoms with Crippen molar-refractivity contribution >= 4 is 0 Å². The monoisotopic (exact) mass is 128 g/mol. The number of nitrogens with one attached hydrogen (secondary N) is 3. The van der Waals surface area contributed by atoms with Crippen LogP contribution in [-0.2, 0) is 0 Å². The molecule has 0 rings (SSSR count). The van der Waals surface area contributed by atoms with Crippen LogP contribution < -0.4 is 0 Å². The smallest absolute Gasteiger partial charge is 0.113 e. The maximum atomic E-state index is 6.50. The standard InChI is InChI=1S/C3H8N6/c4-7-1-3(9-6)2-8-5/h3-6H,1-2H2. The summed E-state index contributed by atoms with van der Waals surface area (Å²) in [4.78, 5) is 0. The lowest BCUT2D eigenvalue weighted by molar-refractivity contribution is 0.608. The fourth-order valence-corrected chi connectivity index (χ4v) is 0.350. The van der Waals surface area contributed by atoms with Gasteiger partial charge in [0.25, 0.3) is 0 Å². The summed E-state index contributed by atoms with van der Waals surface area (Å²) in [6.07, 6.45) is 0. The maximum Gasteiger partial charge on any atom is 0.113 e. The van der Waals surface area contributed by atoms with Gasteiger partial charge in [0, 0.05) is 0 Å². The van der Waals surface area contributed by atoms with Gasteiger partial charge in [0.2, 0.25) is 0 Å². The molecule has 3 N–H and O–H groups in total. The Balaban J connectivity index is 3.51. The second-order valence-electron chi connectivity index (χ2n) is 1.46. The predicted octanol–water partition coefficient (Wildman–Crippen LogP) is 1.45. The minimum atomic E-state index is -0.403. The summed E-state index contributed by atoms with van der Waals surface area (Å²) in [7, 11) is 0. The van der Waals surface area contributed by atoms with E-state index in [9.17, 15) is 0 Å². The van der Waals surface area contributed by atoms with Gasteiger partial charge in [0.05, 0.1) is 13.1 Å². The second kappa shape index (κ2) is 4.95. The third kappa shape index (κ3) is 3.39. The SMILES string of the molecule is N=NCC(CN=N)N=N. The first-order valence-corrected chi connectivity index (χ1v) is 2.38. The summed E-state index contributed by atoms with van der Waals surface area (Å²) in [5.41, 5.74) is 19.3. The molecule has 9 heavy (non-hydrogen) atoms. The van der Waals surface area contributed by atoms with Crippen molar-refractivity contribution in [1.82, 2.24) is 0 Å². The van der Waals surface area contributed by atoms with Crippen molar-refractivity contribution in [2.24, 2.45) is 15.3 Å². The maximum absolute atomic E-state index is 6.50. The minimum absolute atomic E-state index is 0.159. The molecule has 0 aromatic heterocycles. The minimum Gasteiger partial charge on any atom is -0.210 e. The largest absolute Gasteiger partial charge is 0.210 e. The number of rotatable bonds is 5. The number of nitrogens with zero attached hydrogens (tertiary/aromatic N) is 3. The summed E-state index contributed by atoms with van der Waals surface area (Å²) in [6, 6.07) is -0.403.